The number of esters is 2. The molecule has 5 N–H and O–H groups in total. The van der Waals surface area contributed by atoms with Gasteiger partial charge in [-0.25, -0.2) is 9.13 Å². The van der Waals surface area contributed by atoms with Crippen LogP contribution in [0.3, 0.4) is 0 Å². The van der Waals surface area contributed by atoms with E-state index in [2.05, 4.69) is 50.2 Å². The second-order valence-corrected chi connectivity index (χ2v) is 18.0. The summed E-state index contributed by atoms with van der Waals surface area (Å²) in [5.74, 6) is -1.04. The smallest absolute Gasteiger partial charge is 0.463 e. The molecule has 360 valence electrons. The molecule has 0 bridgehead atoms. The maximum atomic E-state index is 12.1. The molecule has 5 unspecified atom stereocenters. The summed E-state index contributed by atoms with van der Waals surface area (Å²) in [6.45, 7) is 0.201. The highest BCUT2D eigenvalue weighted by molar-refractivity contribution is 7.47. The molecule has 0 aliphatic rings. The highest BCUT2D eigenvalue weighted by Gasteiger charge is 2.28. The quantitative estimate of drug-likeness (QED) is 0.0126. The molecule has 0 aliphatic heterocycles. The summed E-state index contributed by atoms with van der Waals surface area (Å²) in [4.78, 5) is 43.6. The first-order valence-corrected chi connectivity index (χ1v) is 25.7. The molecule has 0 fully saturated rings. The van der Waals surface area contributed by atoms with Gasteiger partial charge >= 0.3 is 27.6 Å². The van der Waals surface area contributed by atoms with Crippen LogP contribution in [0.4, 0.5) is 0 Å². The van der Waals surface area contributed by atoms with Crippen molar-refractivity contribution in [1.82, 2.24) is 0 Å². The van der Waals surface area contributed by atoms with Crippen molar-refractivity contribution >= 4 is 27.6 Å². The second kappa shape index (κ2) is 41.4. The van der Waals surface area contributed by atoms with E-state index in [0.29, 0.717) is 12.8 Å². The van der Waals surface area contributed by atoms with Gasteiger partial charge in [0.05, 0.1) is 26.4 Å². The van der Waals surface area contributed by atoms with Gasteiger partial charge in [-0.2, -0.15) is 0 Å². The molecule has 0 aromatic rings. The summed E-state index contributed by atoms with van der Waals surface area (Å²) in [5, 5.41) is 30.0. The Morgan fingerprint density at radius 3 is 1.18 bits per heavy atom. The van der Waals surface area contributed by atoms with E-state index in [-0.39, 0.29) is 12.8 Å². The van der Waals surface area contributed by atoms with Crippen LogP contribution >= 0.6 is 15.6 Å². The average Bonchev–Trinajstić information content (AvgIpc) is 3.24. The first kappa shape index (κ1) is 59.7. The minimum atomic E-state index is -4.79. The first-order valence-electron chi connectivity index (χ1n) is 22.7. The summed E-state index contributed by atoms with van der Waals surface area (Å²) in [7, 11) is -9.58. The molecule has 0 spiro atoms. The highest BCUT2D eigenvalue weighted by atomic mass is 31.2. The van der Waals surface area contributed by atoms with Crippen molar-refractivity contribution in [2.24, 2.45) is 0 Å². The molecule has 62 heavy (non-hydrogen) atoms. The Bertz CT molecular complexity index is 1350. The predicted octanol–water partition coefficient (Wildman–Crippen LogP) is 9.83. The van der Waals surface area contributed by atoms with Crippen molar-refractivity contribution < 1.29 is 71.4 Å². The molecule has 0 heterocycles. The van der Waals surface area contributed by atoms with Gasteiger partial charge in [-0.1, -0.05) is 145 Å². The zero-order chi connectivity index (χ0) is 46.0. The summed E-state index contributed by atoms with van der Waals surface area (Å²) >= 11 is 0. The fourth-order valence-corrected chi connectivity index (χ4v) is 7.10. The van der Waals surface area contributed by atoms with Crippen LogP contribution in [-0.4, -0.2) is 95.0 Å². The van der Waals surface area contributed by atoms with Gasteiger partial charge in [0.15, 0.2) is 0 Å². The summed E-state index contributed by atoms with van der Waals surface area (Å²) in [5.41, 5.74) is 0. The monoisotopic (exact) mass is 922 g/mol. The summed E-state index contributed by atoms with van der Waals surface area (Å²) in [6, 6.07) is 0. The predicted molar refractivity (Wildman–Crippen MR) is 242 cm³/mol. The van der Waals surface area contributed by atoms with E-state index in [9.17, 15) is 43.8 Å². The normalized spacial score (nSPS) is 15.8. The molecule has 0 rings (SSSR count). The number of hydrogen-bond acceptors (Lipinski definition) is 13. The molecule has 0 aromatic carbocycles. The lowest BCUT2D eigenvalue weighted by Crippen LogP contribution is -2.25. The lowest BCUT2D eigenvalue weighted by molar-refractivity contribution is -0.148. The minimum Gasteiger partial charge on any atom is -0.463 e. The van der Waals surface area contributed by atoms with Gasteiger partial charge in [-0.3, -0.25) is 27.7 Å². The van der Waals surface area contributed by atoms with Crippen molar-refractivity contribution in [3.63, 3.8) is 0 Å². The lowest BCUT2D eigenvalue weighted by Gasteiger charge is -2.19. The minimum absolute atomic E-state index is 0.148. The van der Waals surface area contributed by atoms with Crippen molar-refractivity contribution in [2.75, 3.05) is 39.6 Å². The van der Waals surface area contributed by atoms with Gasteiger partial charge < -0.3 is 34.6 Å². The third-order valence-corrected chi connectivity index (χ3v) is 11.0. The third kappa shape index (κ3) is 43.0. The Kier molecular flexibility index (Phi) is 39.9. The van der Waals surface area contributed by atoms with Gasteiger partial charge in [0.2, 0.25) is 0 Å². The van der Waals surface area contributed by atoms with Gasteiger partial charge in [0.1, 0.15) is 31.5 Å². The first-order chi connectivity index (χ1) is 29.8. The van der Waals surface area contributed by atoms with E-state index in [0.717, 1.165) is 57.8 Å². The molecule has 5 atom stereocenters. The van der Waals surface area contributed by atoms with Crippen LogP contribution in [0.25, 0.3) is 0 Å². The van der Waals surface area contributed by atoms with Gasteiger partial charge in [0, 0.05) is 12.8 Å². The Balaban J connectivity index is 3.94. The van der Waals surface area contributed by atoms with Crippen LogP contribution in [0.15, 0.2) is 60.8 Å². The van der Waals surface area contributed by atoms with Crippen LogP contribution < -0.4 is 0 Å². The number of phosphoric acid groups is 2. The number of hydrogen-bond donors (Lipinski definition) is 5. The number of carbonyl (C=O) groups excluding carboxylic acids is 2. The molecular weight excluding hydrogens is 842 g/mol. The van der Waals surface area contributed by atoms with Crippen LogP contribution in [0.5, 0.6) is 0 Å². The largest absolute Gasteiger partial charge is 0.472 e. The lowest BCUT2D eigenvalue weighted by atomic mass is 10.1. The molecule has 0 amide bonds. The maximum absolute atomic E-state index is 12.1. The number of rotatable bonds is 43. The van der Waals surface area contributed by atoms with E-state index in [1.54, 1.807) is 0 Å². The average molecular weight is 923 g/mol. The Hall–Kier alpha value is -2.26. The molecule has 17 heteroatoms. The van der Waals surface area contributed by atoms with Gasteiger partial charge in [0.25, 0.3) is 0 Å². The SMILES string of the molecule is CC/C=C/C=C/C=C\C=C/CCCCCC(=O)OCC(O)COP(=O)(O)OCC(O)COP(=O)(O)OCC(O)COC(=O)CCCCCCCCC/C=C/CCCCCCCC. The molecule has 0 radical (unpaired) electrons. The molecule has 0 saturated heterocycles. The number of aliphatic hydroxyl groups excluding tert-OH is 3. The highest BCUT2D eigenvalue weighted by Crippen LogP contribution is 2.45. The number of carbonyl (C=O) groups is 2. The van der Waals surface area contributed by atoms with Crippen LogP contribution in [0.2, 0.25) is 0 Å². The van der Waals surface area contributed by atoms with Crippen LogP contribution in [0, 0.1) is 0 Å². The third-order valence-electron chi connectivity index (χ3n) is 9.05. The number of allylic oxidation sites excluding steroid dienone is 10. The Morgan fingerprint density at radius 1 is 0.435 bits per heavy atom. The Morgan fingerprint density at radius 2 is 0.758 bits per heavy atom. The van der Waals surface area contributed by atoms with Crippen molar-refractivity contribution in [3.8, 4) is 0 Å². The molecule has 15 nitrogen and oxygen atoms in total. The molecule has 0 aliphatic carbocycles. The van der Waals surface area contributed by atoms with Gasteiger partial charge in [-0.05, 0) is 57.8 Å². The zero-order valence-electron chi connectivity index (χ0n) is 37.5. The number of ether oxygens (including phenoxy) is 2. The summed E-state index contributed by atoms with van der Waals surface area (Å²) in [6.07, 6.45) is 37.9. The summed E-state index contributed by atoms with van der Waals surface area (Å²) < 4.78 is 52.8. The fraction of sp³-hybridized carbons (Fsp3) is 0.733. The maximum Gasteiger partial charge on any atom is 0.472 e. The number of phosphoric ester groups is 2. The van der Waals surface area contributed by atoms with E-state index >= 15 is 0 Å². The molecule has 0 saturated carbocycles. The Labute approximate surface area is 371 Å². The molecular formula is C45H80O15P2. The fourth-order valence-electron chi connectivity index (χ4n) is 5.51. The molecule has 0 aromatic heterocycles. The van der Waals surface area contributed by atoms with Crippen molar-refractivity contribution in [2.45, 2.75) is 173 Å². The second-order valence-electron chi connectivity index (χ2n) is 15.1. The zero-order valence-corrected chi connectivity index (χ0v) is 39.3. The van der Waals surface area contributed by atoms with Gasteiger partial charge in [-0.15, -0.1) is 0 Å². The van der Waals surface area contributed by atoms with Crippen LogP contribution in [-0.2, 0) is 46.3 Å². The van der Waals surface area contributed by atoms with Crippen molar-refractivity contribution in [1.29, 1.82) is 0 Å². The van der Waals surface area contributed by atoms with Crippen molar-refractivity contribution in [3.05, 3.63) is 60.8 Å². The van der Waals surface area contributed by atoms with E-state index in [1.807, 2.05) is 42.5 Å². The van der Waals surface area contributed by atoms with Crippen LogP contribution in [0.1, 0.15) is 155 Å². The van der Waals surface area contributed by atoms with E-state index in [4.69, 9.17) is 9.47 Å². The van der Waals surface area contributed by atoms with E-state index in [1.165, 1.54) is 57.8 Å². The van der Waals surface area contributed by atoms with E-state index < -0.39 is 85.5 Å². The topological polar surface area (TPSA) is 225 Å². The number of aliphatic hydroxyl groups is 3. The standard InChI is InChI=1S/C45H80O15P2/c1-3-5-7-9-11-13-15-17-18-19-20-22-24-26-28-30-32-34-45(50)56-36-42(47)38-58-62(53,54)60-40-43(48)39-59-61(51,52)57-37-41(46)35-55-44(49)33-31-29-27-25-23-21-16-14-12-10-8-6-4-2/h6,8,10,12,14,16-18,21,23,41-43,46-48H,3-5,7,9,11,13,15,19-20,22,24-40H2,1-2H3,(H,51,52)(H,53,54)/b8-6+,12-10+,16-14-,18-17+,23-21-. The number of unbranched alkanes of at least 4 members (excludes halogenated alkanes) is 16.